The van der Waals surface area contributed by atoms with E-state index in [1.165, 1.54) is 20.0 Å². The van der Waals surface area contributed by atoms with Crippen LogP contribution in [0.5, 0.6) is 0 Å². The number of methoxy groups -OCH3 is 1. The molecule has 0 bridgehead atoms. The van der Waals surface area contributed by atoms with E-state index in [0.29, 0.717) is 43.9 Å². The second kappa shape index (κ2) is 8.16. The summed E-state index contributed by atoms with van der Waals surface area (Å²) in [6.45, 7) is 9.71. The van der Waals surface area contributed by atoms with E-state index in [0.717, 1.165) is 30.4 Å². The molecule has 0 amide bonds. The average Bonchev–Trinajstić information content (AvgIpc) is 3.49. The minimum absolute atomic E-state index is 0.0859. The highest BCUT2D eigenvalue weighted by Gasteiger charge is 2.53. The van der Waals surface area contributed by atoms with Gasteiger partial charge in [-0.2, -0.15) is 15.1 Å². The van der Waals surface area contributed by atoms with E-state index >= 15 is 0 Å². The van der Waals surface area contributed by atoms with E-state index in [1.807, 2.05) is 24.0 Å². The average molecular weight is 456 g/mol. The summed E-state index contributed by atoms with van der Waals surface area (Å²) in [4.78, 5) is 26.8. The van der Waals surface area contributed by atoms with Gasteiger partial charge < -0.3 is 24.6 Å². The summed E-state index contributed by atoms with van der Waals surface area (Å²) in [5.74, 6) is 3.07. The number of H-pyrrole nitrogens is 1. The molecule has 10 heteroatoms. The van der Waals surface area contributed by atoms with Crippen LogP contribution in [0.2, 0.25) is 0 Å². The molecule has 0 aromatic carbocycles. The van der Waals surface area contributed by atoms with Gasteiger partial charge >= 0.3 is 5.97 Å². The van der Waals surface area contributed by atoms with Gasteiger partial charge in [0, 0.05) is 37.7 Å². The molecule has 10 nitrogen and oxygen atoms in total. The van der Waals surface area contributed by atoms with Crippen LogP contribution in [0.4, 0.5) is 23.4 Å². The summed E-state index contributed by atoms with van der Waals surface area (Å²) in [5, 5.41) is 10.9. The van der Waals surface area contributed by atoms with Crippen molar-refractivity contribution in [3.8, 4) is 0 Å². The van der Waals surface area contributed by atoms with Gasteiger partial charge in [0.2, 0.25) is 5.95 Å². The summed E-state index contributed by atoms with van der Waals surface area (Å²) >= 11 is 0. The van der Waals surface area contributed by atoms with Crippen LogP contribution in [0.1, 0.15) is 51.6 Å². The number of morpholine rings is 1. The standard InChI is InChI=1S/C23H33N7O3/c1-22(2)13-23(3,20(31)32-4)30(14-22)21-25-17(12-19(26-21)29-7-9-33-10-8-29)24-18-11-16(27-28-18)15-5-6-15/h11-12,15H,5-10,13-14H2,1-4H3,(H2,24,25,26,27,28). The number of hydrogen-bond acceptors (Lipinski definition) is 9. The summed E-state index contributed by atoms with van der Waals surface area (Å²) in [7, 11) is 1.44. The number of aromatic nitrogens is 4. The van der Waals surface area contributed by atoms with Crippen molar-refractivity contribution in [2.24, 2.45) is 5.41 Å². The molecular weight excluding hydrogens is 422 g/mol. The molecule has 1 atom stereocenters. The monoisotopic (exact) mass is 455 g/mol. The molecule has 1 aliphatic carbocycles. The molecule has 2 aromatic heterocycles. The van der Waals surface area contributed by atoms with Crippen molar-refractivity contribution in [2.45, 2.75) is 51.5 Å². The number of nitrogens with zero attached hydrogens (tertiary/aromatic N) is 5. The number of rotatable bonds is 6. The van der Waals surface area contributed by atoms with Crippen molar-refractivity contribution in [1.29, 1.82) is 0 Å². The van der Waals surface area contributed by atoms with Crippen LogP contribution in [-0.4, -0.2) is 71.6 Å². The lowest BCUT2D eigenvalue weighted by Crippen LogP contribution is -2.49. The Bertz CT molecular complexity index is 1030. The molecule has 2 saturated heterocycles. The Kier molecular flexibility index (Phi) is 5.43. The Morgan fingerprint density at radius 3 is 2.67 bits per heavy atom. The highest BCUT2D eigenvalue weighted by atomic mass is 16.5. The smallest absolute Gasteiger partial charge is 0.331 e. The van der Waals surface area contributed by atoms with Gasteiger partial charge in [0.15, 0.2) is 0 Å². The SMILES string of the molecule is COC(=O)C1(C)CC(C)(C)CN1c1nc(Nc2cc(C3CC3)n[nH]2)cc(N2CCOCC2)n1. The highest BCUT2D eigenvalue weighted by molar-refractivity contribution is 5.85. The summed E-state index contributed by atoms with van der Waals surface area (Å²) in [6.07, 6.45) is 3.05. The van der Waals surface area contributed by atoms with Crippen molar-refractivity contribution in [1.82, 2.24) is 20.2 Å². The number of anilines is 4. The Labute approximate surface area is 194 Å². The summed E-state index contributed by atoms with van der Waals surface area (Å²) in [6, 6.07) is 3.99. The Morgan fingerprint density at radius 1 is 1.21 bits per heavy atom. The fourth-order valence-electron chi connectivity index (χ4n) is 5.07. The van der Waals surface area contributed by atoms with Crippen molar-refractivity contribution in [2.75, 3.05) is 55.1 Å². The van der Waals surface area contributed by atoms with Crippen molar-refractivity contribution in [3.63, 3.8) is 0 Å². The van der Waals surface area contributed by atoms with Gasteiger partial charge in [-0.3, -0.25) is 5.10 Å². The number of carbonyl (C=O) groups is 1. The number of hydrogen-bond donors (Lipinski definition) is 2. The first-order chi connectivity index (χ1) is 15.8. The fourth-order valence-corrected chi connectivity index (χ4v) is 5.07. The number of ether oxygens (including phenoxy) is 2. The topological polar surface area (TPSA) is 108 Å². The molecule has 0 spiro atoms. The van der Waals surface area contributed by atoms with Crippen LogP contribution < -0.4 is 15.1 Å². The molecule has 3 aliphatic rings. The van der Waals surface area contributed by atoms with Gasteiger partial charge in [-0.05, 0) is 31.6 Å². The van der Waals surface area contributed by atoms with Crippen molar-refractivity contribution < 1.29 is 14.3 Å². The maximum absolute atomic E-state index is 12.9. The highest BCUT2D eigenvalue weighted by Crippen LogP contribution is 2.44. The molecule has 1 unspecified atom stereocenters. The zero-order valence-electron chi connectivity index (χ0n) is 19.8. The van der Waals surface area contributed by atoms with Gasteiger partial charge in [-0.15, -0.1) is 0 Å². The molecule has 2 aromatic rings. The number of nitrogens with one attached hydrogen (secondary N) is 2. The predicted molar refractivity (Wildman–Crippen MR) is 125 cm³/mol. The molecule has 3 fully saturated rings. The zero-order valence-corrected chi connectivity index (χ0v) is 19.8. The lowest BCUT2D eigenvalue weighted by molar-refractivity contribution is -0.146. The van der Waals surface area contributed by atoms with E-state index in [9.17, 15) is 4.79 Å². The van der Waals surface area contributed by atoms with Crippen LogP contribution in [0.15, 0.2) is 12.1 Å². The number of carbonyl (C=O) groups excluding carboxylic acids is 1. The first-order valence-corrected chi connectivity index (χ1v) is 11.7. The number of esters is 1. The quantitative estimate of drug-likeness (QED) is 0.636. The van der Waals surface area contributed by atoms with Crippen LogP contribution in [0, 0.1) is 5.41 Å². The lowest BCUT2D eigenvalue weighted by Gasteiger charge is -2.34. The van der Waals surface area contributed by atoms with Crippen LogP contribution in [0.3, 0.4) is 0 Å². The van der Waals surface area contributed by atoms with Gasteiger partial charge in [-0.1, -0.05) is 13.8 Å². The Morgan fingerprint density at radius 2 is 1.97 bits per heavy atom. The molecule has 4 heterocycles. The van der Waals surface area contributed by atoms with E-state index in [4.69, 9.17) is 19.4 Å². The Hall–Kier alpha value is -2.88. The third kappa shape index (κ3) is 4.36. The molecule has 5 rings (SSSR count). The molecule has 2 N–H and O–H groups in total. The van der Waals surface area contributed by atoms with E-state index < -0.39 is 5.54 Å². The lowest BCUT2D eigenvalue weighted by atomic mass is 9.85. The van der Waals surface area contributed by atoms with E-state index in [1.54, 1.807) is 0 Å². The van der Waals surface area contributed by atoms with Crippen LogP contribution >= 0.6 is 0 Å². The molecule has 0 radical (unpaired) electrons. The second-order valence-electron chi connectivity index (χ2n) is 10.3. The van der Waals surface area contributed by atoms with Crippen LogP contribution in [0.25, 0.3) is 0 Å². The minimum atomic E-state index is -0.841. The number of aromatic amines is 1. The van der Waals surface area contributed by atoms with Crippen LogP contribution in [-0.2, 0) is 14.3 Å². The molecular formula is C23H33N7O3. The fraction of sp³-hybridized carbons (Fsp3) is 0.652. The van der Waals surface area contributed by atoms with Crippen molar-refractivity contribution in [3.05, 3.63) is 17.8 Å². The summed E-state index contributed by atoms with van der Waals surface area (Å²) in [5.41, 5.74) is 0.156. The van der Waals surface area contributed by atoms with E-state index in [2.05, 4.69) is 34.3 Å². The largest absolute Gasteiger partial charge is 0.467 e. The van der Waals surface area contributed by atoms with E-state index in [-0.39, 0.29) is 11.4 Å². The normalized spacial score (nSPS) is 24.7. The van der Waals surface area contributed by atoms with Gasteiger partial charge in [0.05, 0.1) is 26.0 Å². The zero-order chi connectivity index (χ0) is 23.2. The minimum Gasteiger partial charge on any atom is -0.467 e. The second-order valence-corrected chi connectivity index (χ2v) is 10.3. The third-order valence-corrected chi connectivity index (χ3v) is 6.76. The summed E-state index contributed by atoms with van der Waals surface area (Å²) < 4.78 is 10.7. The maximum Gasteiger partial charge on any atom is 0.331 e. The van der Waals surface area contributed by atoms with Gasteiger partial charge in [-0.25, -0.2) is 4.79 Å². The van der Waals surface area contributed by atoms with Gasteiger partial charge in [0.1, 0.15) is 23.0 Å². The first-order valence-electron chi connectivity index (χ1n) is 11.7. The molecule has 1 saturated carbocycles. The Balaban J connectivity index is 1.52. The predicted octanol–water partition coefficient (Wildman–Crippen LogP) is 2.83. The molecule has 33 heavy (non-hydrogen) atoms. The first kappa shape index (κ1) is 21.9. The van der Waals surface area contributed by atoms with Crippen molar-refractivity contribution >= 4 is 29.4 Å². The van der Waals surface area contributed by atoms with Gasteiger partial charge in [0.25, 0.3) is 0 Å². The maximum atomic E-state index is 12.9. The molecule has 178 valence electrons. The third-order valence-electron chi connectivity index (χ3n) is 6.76. The molecule has 2 aliphatic heterocycles.